The van der Waals surface area contributed by atoms with Crippen molar-refractivity contribution in [3.05, 3.63) is 18.5 Å². The second kappa shape index (κ2) is 7.09. The molecule has 1 atom stereocenters. The lowest BCUT2D eigenvalue weighted by molar-refractivity contribution is 0.597. The summed E-state index contributed by atoms with van der Waals surface area (Å²) in [6, 6.07) is 2.11. The lowest BCUT2D eigenvalue weighted by atomic mass is 10.1. The Morgan fingerprint density at radius 2 is 2.33 bits per heavy atom. The van der Waals surface area contributed by atoms with E-state index in [0.717, 1.165) is 23.2 Å². The molecule has 0 spiro atoms. The van der Waals surface area contributed by atoms with E-state index in [1.54, 1.807) is 17.8 Å². The van der Waals surface area contributed by atoms with Gasteiger partial charge in [-0.1, -0.05) is 17.8 Å². The topological polar surface area (TPSA) is 88.6 Å². The number of sulfone groups is 1. The number of nitrogens with zero attached hydrogens (tertiary/aromatic N) is 4. The predicted molar refractivity (Wildman–Crippen MR) is 81.8 cm³/mol. The molecule has 0 bridgehead atoms. The summed E-state index contributed by atoms with van der Waals surface area (Å²) in [5.41, 5.74) is 0. The average Bonchev–Trinajstić information content (AvgIpc) is 2.99. The van der Waals surface area contributed by atoms with Crippen molar-refractivity contribution in [1.82, 2.24) is 14.8 Å². The van der Waals surface area contributed by atoms with Gasteiger partial charge in [0.05, 0.1) is 17.6 Å². The molecule has 1 unspecified atom stereocenters. The summed E-state index contributed by atoms with van der Waals surface area (Å²) in [6.45, 7) is 4.30. The quantitative estimate of drug-likeness (QED) is 0.431. The van der Waals surface area contributed by atoms with E-state index >= 15 is 0 Å². The van der Waals surface area contributed by atoms with Gasteiger partial charge in [-0.05, 0) is 12.8 Å². The van der Waals surface area contributed by atoms with Gasteiger partial charge in [-0.2, -0.15) is 5.26 Å². The van der Waals surface area contributed by atoms with Gasteiger partial charge in [0, 0.05) is 24.6 Å². The van der Waals surface area contributed by atoms with Crippen LogP contribution in [0.1, 0.15) is 31.0 Å². The molecule has 1 saturated heterocycles. The molecule has 2 rings (SSSR count). The van der Waals surface area contributed by atoms with Crippen LogP contribution in [0.3, 0.4) is 0 Å². The maximum absolute atomic E-state index is 11.6. The van der Waals surface area contributed by atoms with Crippen LogP contribution in [-0.4, -0.2) is 40.4 Å². The number of unbranched alkanes of at least 4 members (excludes halogenated alkanes) is 1. The van der Waals surface area contributed by atoms with E-state index in [-0.39, 0.29) is 17.4 Å². The van der Waals surface area contributed by atoms with Gasteiger partial charge < -0.3 is 4.57 Å². The molecular weight excluding hydrogens is 308 g/mol. The minimum absolute atomic E-state index is 0.0732. The lowest BCUT2D eigenvalue weighted by Gasteiger charge is -2.10. The van der Waals surface area contributed by atoms with Crippen LogP contribution in [0.4, 0.5) is 0 Å². The van der Waals surface area contributed by atoms with Crippen LogP contribution in [0.2, 0.25) is 0 Å². The summed E-state index contributed by atoms with van der Waals surface area (Å²) >= 11 is 1.55. The molecule has 114 valence electrons. The van der Waals surface area contributed by atoms with E-state index < -0.39 is 9.84 Å². The molecule has 21 heavy (non-hydrogen) atoms. The molecule has 0 N–H and O–H groups in total. The highest BCUT2D eigenvalue weighted by Crippen LogP contribution is 2.30. The number of rotatable bonds is 7. The molecule has 0 amide bonds. The first-order valence-corrected chi connectivity index (χ1v) is 9.62. The zero-order chi connectivity index (χ0) is 15.3. The number of aromatic nitrogens is 3. The van der Waals surface area contributed by atoms with E-state index in [4.69, 9.17) is 5.26 Å². The van der Waals surface area contributed by atoms with E-state index in [9.17, 15) is 8.42 Å². The second-order valence-corrected chi connectivity index (χ2v) is 8.24. The number of thioether (sulfide) groups is 1. The molecule has 1 aromatic heterocycles. The molecule has 0 aromatic carbocycles. The normalized spacial score (nSPS) is 20.2. The molecule has 1 aromatic rings. The summed E-state index contributed by atoms with van der Waals surface area (Å²) < 4.78 is 25.2. The van der Waals surface area contributed by atoms with Crippen molar-refractivity contribution in [2.75, 3.05) is 17.3 Å². The van der Waals surface area contributed by atoms with Crippen molar-refractivity contribution >= 4 is 21.6 Å². The maximum atomic E-state index is 11.6. The van der Waals surface area contributed by atoms with Gasteiger partial charge >= 0.3 is 0 Å². The number of hydrogen-bond donors (Lipinski definition) is 0. The number of nitriles is 1. The fourth-order valence-corrected chi connectivity index (χ4v) is 4.96. The monoisotopic (exact) mass is 326 g/mol. The highest BCUT2D eigenvalue weighted by molar-refractivity contribution is 7.99. The lowest BCUT2D eigenvalue weighted by Crippen LogP contribution is -2.11. The van der Waals surface area contributed by atoms with Crippen LogP contribution in [0, 0.1) is 11.3 Å². The molecular formula is C13H18N4O2S2. The van der Waals surface area contributed by atoms with Crippen LogP contribution >= 0.6 is 11.8 Å². The number of hydrogen-bond acceptors (Lipinski definition) is 6. The Kier molecular flexibility index (Phi) is 5.42. The van der Waals surface area contributed by atoms with Crippen LogP contribution < -0.4 is 0 Å². The summed E-state index contributed by atoms with van der Waals surface area (Å²) in [6.07, 6.45) is 3.69. The molecule has 0 aliphatic carbocycles. The summed E-state index contributed by atoms with van der Waals surface area (Å²) in [4.78, 5) is 0. The minimum Gasteiger partial charge on any atom is -0.302 e. The largest absolute Gasteiger partial charge is 0.302 e. The highest BCUT2D eigenvalue weighted by atomic mass is 32.2. The van der Waals surface area contributed by atoms with Crippen LogP contribution in [0.15, 0.2) is 17.8 Å². The zero-order valence-electron chi connectivity index (χ0n) is 11.7. The Hall–Kier alpha value is -1.33. The predicted octanol–water partition coefficient (Wildman–Crippen LogP) is 1.76. The van der Waals surface area contributed by atoms with Crippen LogP contribution in [0.25, 0.3) is 0 Å². The first-order chi connectivity index (χ1) is 10.1. The van der Waals surface area contributed by atoms with E-state index in [2.05, 4.69) is 22.8 Å². The Morgan fingerprint density at radius 1 is 1.52 bits per heavy atom. The smallest absolute Gasteiger partial charge is 0.191 e. The second-order valence-electron chi connectivity index (χ2n) is 4.95. The molecule has 1 aliphatic heterocycles. The molecule has 6 nitrogen and oxygen atoms in total. The van der Waals surface area contributed by atoms with Crippen LogP contribution in [0.5, 0.6) is 0 Å². The average molecular weight is 326 g/mol. The van der Waals surface area contributed by atoms with Crippen LogP contribution in [-0.2, 0) is 16.4 Å². The fourth-order valence-electron chi connectivity index (χ4n) is 2.32. The number of allylic oxidation sites excluding steroid dienone is 1. The summed E-state index contributed by atoms with van der Waals surface area (Å²) in [5.74, 6) is 1.84. The third-order valence-electron chi connectivity index (χ3n) is 3.32. The van der Waals surface area contributed by atoms with Crippen molar-refractivity contribution in [2.24, 2.45) is 0 Å². The Labute approximate surface area is 129 Å². The molecule has 0 radical (unpaired) electrons. The minimum atomic E-state index is -2.94. The Bertz CT molecular complexity index is 646. The van der Waals surface area contributed by atoms with E-state index in [1.807, 2.05) is 4.57 Å². The van der Waals surface area contributed by atoms with Gasteiger partial charge in [-0.15, -0.1) is 16.8 Å². The first-order valence-electron chi connectivity index (χ1n) is 6.81. The van der Waals surface area contributed by atoms with Gasteiger partial charge in [-0.25, -0.2) is 8.42 Å². The van der Waals surface area contributed by atoms with E-state index in [0.29, 0.717) is 19.4 Å². The Morgan fingerprint density at radius 3 is 2.95 bits per heavy atom. The van der Waals surface area contributed by atoms with Gasteiger partial charge in [-0.3, -0.25) is 0 Å². The summed E-state index contributed by atoms with van der Waals surface area (Å²) in [5, 5.41) is 17.7. The fraction of sp³-hybridized carbons (Fsp3) is 0.615. The molecule has 1 fully saturated rings. The van der Waals surface area contributed by atoms with Crippen molar-refractivity contribution in [1.29, 1.82) is 5.26 Å². The SMILES string of the molecule is C=CCn1c(SCCCC#N)nnc1C1CCS(=O)(=O)C1. The molecule has 2 heterocycles. The third-order valence-corrected chi connectivity index (χ3v) is 6.14. The molecule has 1 aliphatic rings. The van der Waals surface area contributed by atoms with Gasteiger partial charge in [0.2, 0.25) is 0 Å². The van der Waals surface area contributed by atoms with Gasteiger partial charge in [0.15, 0.2) is 15.0 Å². The molecule has 8 heteroatoms. The van der Waals surface area contributed by atoms with Crippen molar-refractivity contribution < 1.29 is 8.42 Å². The Balaban J connectivity index is 2.13. The maximum Gasteiger partial charge on any atom is 0.191 e. The third kappa shape index (κ3) is 4.08. The van der Waals surface area contributed by atoms with Gasteiger partial charge in [0.1, 0.15) is 5.82 Å². The van der Waals surface area contributed by atoms with Crippen molar-refractivity contribution in [3.63, 3.8) is 0 Å². The summed E-state index contributed by atoms with van der Waals surface area (Å²) in [7, 11) is -2.94. The van der Waals surface area contributed by atoms with E-state index in [1.165, 1.54) is 0 Å². The van der Waals surface area contributed by atoms with Crippen molar-refractivity contribution in [3.8, 4) is 6.07 Å². The highest BCUT2D eigenvalue weighted by Gasteiger charge is 2.33. The zero-order valence-corrected chi connectivity index (χ0v) is 13.4. The standard InChI is InChI=1S/C13H18N4O2S2/c1-2-7-17-12(11-5-9-21(18,19)10-11)15-16-13(17)20-8-4-3-6-14/h2,11H,1,3-5,7-10H2. The molecule has 0 saturated carbocycles. The first kappa shape index (κ1) is 16.0. The van der Waals surface area contributed by atoms with Crippen molar-refractivity contribution in [2.45, 2.75) is 36.9 Å². The van der Waals surface area contributed by atoms with Gasteiger partial charge in [0.25, 0.3) is 0 Å².